The lowest BCUT2D eigenvalue weighted by molar-refractivity contribution is 0.0622. The first-order chi connectivity index (χ1) is 8.29. The number of anilines is 1. The lowest BCUT2D eigenvalue weighted by atomic mass is 9.93. The average Bonchev–Trinajstić information content (AvgIpc) is 2.40. The van der Waals surface area contributed by atoms with E-state index in [4.69, 9.17) is 10.00 Å². The van der Waals surface area contributed by atoms with Crippen LogP contribution in [-0.2, 0) is 4.74 Å². The monoisotopic (exact) mass is 230 g/mol. The standard InChI is InChI=1S/C14H18N2O/c1-11(13-6-8-17-9-7-13)16-14-4-2-12(10-15)3-5-14/h2-5,11,13,16H,6-9H2,1H3. The quantitative estimate of drug-likeness (QED) is 0.868. The van der Waals surface area contributed by atoms with Crippen LogP contribution in [0.2, 0.25) is 0 Å². The van der Waals surface area contributed by atoms with Crippen molar-refractivity contribution in [1.29, 1.82) is 5.26 Å². The molecule has 0 saturated carbocycles. The Morgan fingerprint density at radius 1 is 1.29 bits per heavy atom. The molecule has 1 heterocycles. The molecule has 90 valence electrons. The average molecular weight is 230 g/mol. The Kier molecular flexibility index (Phi) is 4.00. The third kappa shape index (κ3) is 3.21. The van der Waals surface area contributed by atoms with Crippen LogP contribution < -0.4 is 5.32 Å². The molecule has 0 spiro atoms. The Morgan fingerprint density at radius 3 is 2.53 bits per heavy atom. The van der Waals surface area contributed by atoms with E-state index in [1.807, 2.05) is 24.3 Å². The number of rotatable bonds is 3. The number of nitriles is 1. The van der Waals surface area contributed by atoms with Gasteiger partial charge in [0.15, 0.2) is 0 Å². The second kappa shape index (κ2) is 5.70. The van der Waals surface area contributed by atoms with Gasteiger partial charge in [-0.15, -0.1) is 0 Å². The SMILES string of the molecule is CC(Nc1ccc(C#N)cc1)C1CCOCC1. The van der Waals surface area contributed by atoms with E-state index in [1.54, 1.807) is 0 Å². The Bertz CT molecular complexity index is 388. The minimum atomic E-state index is 0.451. The molecule has 17 heavy (non-hydrogen) atoms. The maximum absolute atomic E-state index is 8.73. The van der Waals surface area contributed by atoms with Gasteiger partial charge in [0.05, 0.1) is 11.6 Å². The van der Waals surface area contributed by atoms with Crippen LogP contribution in [0.15, 0.2) is 24.3 Å². The van der Waals surface area contributed by atoms with E-state index in [1.165, 1.54) is 0 Å². The van der Waals surface area contributed by atoms with Gasteiger partial charge in [-0.3, -0.25) is 0 Å². The molecule has 0 aliphatic carbocycles. The molecule has 1 fully saturated rings. The predicted octanol–water partition coefficient (Wildman–Crippen LogP) is 2.79. The third-order valence-corrected chi connectivity index (χ3v) is 3.38. The van der Waals surface area contributed by atoms with Crippen LogP contribution in [0.3, 0.4) is 0 Å². The Morgan fingerprint density at radius 2 is 1.94 bits per heavy atom. The van der Waals surface area contributed by atoms with Crippen LogP contribution in [-0.4, -0.2) is 19.3 Å². The summed E-state index contributed by atoms with van der Waals surface area (Å²) in [5.41, 5.74) is 1.79. The number of ether oxygens (including phenoxy) is 1. The van der Waals surface area contributed by atoms with Crippen molar-refractivity contribution in [2.45, 2.75) is 25.8 Å². The van der Waals surface area contributed by atoms with Gasteiger partial charge in [0, 0.05) is 24.9 Å². The van der Waals surface area contributed by atoms with E-state index in [0.717, 1.165) is 31.7 Å². The second-order valence-corrected chi connectivity index (χ2v) is 4.57. The van der Waals surface area contributed by atoms with Crippen molar-refractivity contribution in [2.75, 3.05) is 18.5 Å². The van der Waals surface area contributed by atoms with Gasteiger partial charge in [-0.05, 0) is 49.9 Å². The van der Waals surface area contributed by atoms with Crippen LogP contribution >= 0.6 is 0 Å². The molecule has 0 radical (unpaired) electrons. The zero-order valence-corrected chi connectivity index (χ0v) is 10.1. The maximum atomic E-state index is 8.73. The highest BCUT2D eigenvalue weighted by molar-refractivity contribution is 5.47. The topological polar surface area (TPSA) is 45.0 Å². The largest absolute Gasteiger partial charge is 0.382 e. The molecule has 1 saturated heterocycles. The van der Waals surface area contributed by atoms with Crippen molar-refractivity contribution in [2.24, 2.45) is 5.92 Å². The van der Waals surface area contributed by atoms with Gasteiger partial charge in [0.2, 0.25) is 0 Å². The second-order valence-electron chi connectivity index (χ2n) is 4.57. The van der Waals surface area contributed by atoms with Crippen LogP contribution in [0.5, 0.6) is 0 Å². The molecule has 1 atom stereocenters. The summed E-state index contributed by atoms with van der Waals surface area (Å²) < 4.78 is 5.37. The first-order valence-electron chi connectivity index (χ1n) is 6.14. The summed E-state index contributed by atoms with van der Waals surface area (Å²) in [5, 5.41) is 12.2. The first-order valence-corrected chi connectivity index (χ1v) is 6.14. The minimum Gasteiger partial charge on any atom is -0.382 e. The minimum absolute atomic E-state index is 0.451. The highest BCUT2D eigenvalue weighted by Gasteiger charge is 2.20. The van der Waals surface area contributed by atoms with Crippen molar-refractivity contribution >= 4 is 5.69 Å². The molecule has 3 nitrogen and oxygen atoms in total. The fourth-order valence-electron chi connectivity index (χ4n) is 2.24. The normalized spacial score (nSPS) is 18.4. The van der Waals surface area contributed by atoms with Crippen molar-refractivity contribution in [3.8, 4) is 6.07 Å². The number of hydrogen-bond donors (Lipinski definition) is 1. The summed E-state index contributed by atoms with van der Waals surface area (Å²) in [6.45, 7) is 3.97. The Balaban J connectivity index is 1.92. The molecule has 1 aromatic rings. The van der Waals surface area contributed by atoms with Gasteiger partial charge in [0.25, 0.3) is 0 Å². The fraction of sp³-hybridized carbons (Fsp3) is 0.500. The highest BCUT2D eigenvalue weighted by Crippen LogP contribution is 2.21. The number of hydrogen-bond acceptors (Lipinski definition) is 3. The lowest BCUT2D eigenvalue weighted by Gasteiger charge is -2.29. The first kappa shape index (κ1) is 11.9. The van der Waals surface area contributed by atoms with Crippen LogP contribution in [0.1, 0.15) is 25.3 Å². The maximum Gasteiger partial charge on any atom is 0.0991 e. The molecule has 2 rings (SSSR count). The summed E-state index contributed by atoms with van der Waals surface area (Å²) >= 11 is 0. The van der Waals surface area contributed by atoms with Gasteiger partial charge in [-0.25, -0.2) is 0 Å². The molecule has 0 amide bonds. The summed E-state index contributed by atoms with van der Waals surface area (Å²) in [5.74, 6) is 0.680. The molecule has 1 aromatic carbocycles. The summed E-state index contributed by atoms with van der Waals surface area (Å²) in [6, 6.07) is 10.2. The number of nitrogens with one attached hydrogen (secondary N) is 1. The van der Waals surface area contributed by atoms with E-state index in [0.29, 0.717) is 17.5 Å². The fourth-order valence-corrected chi connectivity index (χ4v) is 2.24. The van der Waals surface area contributed by atoms with Crippen LogP contribution in [0, 0.1) is 17.2 Å². The lowest BCUT2D eigenvalue weighted by Crippen LogP contribution is -2.30. The predicted molar refractivity (Wildman–Crippen MR) is 67.8 cm³/mol. The molecule has 3 heteroatoms. The Labute approximate surface area is 102 Å². The van der Waals surface area contributed by atoms with Gasteiger partial charge >= 0.3 is 0 Å². The number of benzene rings is 1. The third-order valence-electron chi connectivity index (χ3n) is 3.38. The van der Waals surface area contributed by atoms with E-state index >= 15 is 0 Å². The number of nitrogens with zero attached hydrogens (tertiary/aromatic N) is 1. The Hall–Kier alpha value is -1.53. The molecule has 1 aliphatic heterocycles. The molecule has 1 N–H and O–H groups in total. The van der Waals surface area contributed by atoms with E-state index in [2.05, 4.69) is 18.3 Å². The zero-order valence-electron chi connectivity index (χ0n) is 10.1. The summed E-state index contributed by atoms with van der Waals surface area (Å²) in [4.78, 5) is 0. The molecular weight excluding hydrogens is 212 g/mol. The zero-order chi connectivity index (χ0) is 12.1. The molecule has 0 aromatic heterocycles. The van der Waals surface area contributed by atoms with Crippen molar-refractivity contribution < 1.29 is 4.74 Å². The van der Waals surface area contributed by atoms with Crippen molar-refractivity contribution in [3.05, 3.63) is 29.8 Å². The molecule has 1 unspecified atom stereocenters. The highest BCUT2D eigenvalue weighted by atomic mass is 16.5. The van der Waals surface area contributed by atoms with Crippen LogP contribution in [0.25, 0.3) is 0 Å². The van der Waals surface area contributed by atoms with Gasteiger partial charge < -0.3 is 10.1 Å². The summed E-state index contributed by atoms with van der Waals surface area (Å²) in [7, 11) is 0. The van der Waals surface area contributed by atoms with Gasteiger partial charge in [-0.2, -0.15) is 5.26 Å². The van der Waals surface area contributed by atoms with Gasteiger partial charge in [0.1, 0.15) is 0 Å². The summed E-state index contributed by atoms with van der Waals surface area (Å²) in [6.07, 6.45) is 2.26. The van der Waals surface area contributed by atoms with E-state index in [9.17, 15) is 0 Å². The molecular formula is C14H18N2O. The molecule has 1 aliphatic rings. The smallest absolute Gasteiger partial charge is 0.0991 e. The van der Waals surface area contributed by atoms with E-state index in [-0.39, 0.29) is 0 Å². The van der Waals surface area contributed by atoms with Crippen molar-refractivity contribution in [1.82, 2.24) is 0 Å². The van der Waals surface area contributed by atoms with E-state index < -0.39 is 0 Å². The van der Waals surface area contributed by atoms with Crippen LogP contribution in [0.4, 0.5) is 5.69 Å². The van der Waals surface area contributed by atoms with Crippen molar-refractivity contribution in [3.63, 3.8) is 0 Å². The van der Waals surface area contributed by atoms with Gasteiger partial charge in [-0.1, -0.05) is 0 Å². The molecule has 0 bridgehead atoms.